The molecule has 0 fully saturated rings. The molecule has 26 heavy (non-hydrogen) atoms. The van der Waals surface area contributed by atoms with Gasteiger partial charge in [-0.15, -0.1) is 0 Å². The van der Waals surface area contributed by atoms with Gasteiger partial charge in [-0.1, -0.05) is 36.4 Å². The molecule has 0 spiro atoms. The van der Waals surface area contributed by atoms with Crippen LogP contribution in [0.3, 0.4) is 0 Å². The van der Waals surface area contributed by atoms with E-state index in [2.05, 4.69) is 10.6 Å². The first-order chi connectivity index (χ1) is 12.4. The van der Waals surface area contributed by atoms with Crippen LogP contribution in [-0.2, 0) is 20.7 Å². The van der Waals surface area contributed by atoms with Crippen LogP contribution in [0, 0.1) is 13.8 Å². The Kier molecular flexibility index (Phi) is 6.91. The predicted octanol–water partition coefficient (Wildman–Crippen LogP) is 3.13. The number of esters is 1. The number of anilines is 1. The van der Waals surface area contributed by atoms with Crippen molar-refractivity contribution in [2.24, 2.45) is 0 Å². The summed E-state index contributed by atoms with van der Waals surface area (Å²) in [5.41, 5.74) is 3.73. The maximum atomic E-state index is 11.8. The smallest absolute Gasteiger partial charge is 0.325 e. The maximum Gasteiger partial charge on any atom is 0.325 e. The number of imide groups is 1. The second-order valence-corrected chi connectivity index (χ2v) is 5.95. The molecule has 6 heteroatoms. The van der Waals surface area contributed by atoms with Crippen LogP contribution in [-0.4, -0.2) is 24.5 Å². The molecular weight excluding hydrogens is 332 g/mol. The number of urea groups is 1. The molecule has 6 nitrogen and oxygen atoms in total. The average molecular weight is 354 g/mol. The maximum absolute atomic E-state index is 11.8. The van der Waals surface area contributed by atoms with E-state index in [1.54, 1.807) is 6.07 Å². The van der Waals surface area contributed by atoms with Crippen molar-refractivity contribution < 1.29 is 19.1 Å². The molecule has 3 amide bonds. The molecule has 136 valence electrons. The van der Waals surface area contributed by atoms with Gasteiger partial charge in [-0.2, -0.15) is 0 Å². The zero-order valence-electron chi connectivity index (χ0n) is 14.9. The van der Waals surface area contributed by atoms with Gasteiger partial charge in [0.25, 0.3) is 5.91 Å². The number of carbonyl (C=O) groups excluding carboxylic acids is 3. The van der Waals surface area contributed by atoms with Gasteiger partial charge in [0.15, 0.2) is 6.61 Å². The highest BCUT2D eigenvalue weighted by molar-refractivity contribution is 6.01. The number of rotatable bonds is 6. The van der Waals surface area contributed by atoms with Crippen molar-refractivity contribution in [3.05, 3.63) is 65.2 Å². The summed E-state index contributed by atoms with van der Waals surface area (Å²) in [5, 5.41) is 4.69. The van der Waals surface area contributed by atoms with Gasteiger partial charge in [-0.25, -0.2) is 4.79 Å². The molecule has 0 unspecified atom stereocenters. The van der Waals surface area contributed by atoms with E-state index in [-0.39, 0.29) is 6.42 Å². The van der Waals surface area contributed by atoms with Crippen LogP contribution >= 0.6 is 0 Å². The van der Waals surface area contributed by atoms with Gasteiger partial charge in [0.1, 0.15) is 0 Å². The summed E-state index contributed by atoms with van der Waals surface area (Å²) in [4.78, 5) is 35.1. The van der Waals surface area contributed by atoms with Gasteiger partial charge < -0.3 is 10.1 Å². The number of benzene rings is 2. The molecule has 0 aliphatic carbocycles. The van der Waals surface area contributed by atoms with Crippen molar-refractivity contribution in [3.8, 4) is 0 Å². The largest absolute Gasteiger partial charge is 0.456 e. The third-order valence-corrected chi connectivity index (χ3v) is 3.84. The fraction of sp³-hybridized carbons (Fsp3) is 0.250. The standard InChI is InChI=1S/C20H22N2O4/c1-14-8-10-17(12-15(14)2)21-20(25)22-18(23)13-26-19(24)11-9-16-6-4-3-5-7-16/h3-8,10,12H,9,11,13H2,1-2H3,(H2,21,22,23,25). The number of hydrogen-bond acceptors (Lipinski definition) is 4. The summed E-state index contributed by atoms with van der Waals surface area (Å²) in [6, 6.07) is 14.3. The van der Waals surface area contributed by atoms with Crippen molar-refractivity contribution in [1.82, 2.24) is 5.32 Å². The fourth-order valence-electron chi connectivity index (χ4n) is 2.25. The van der Waals surface area contributed by atoms with E-state index in [0.29, 0.717) is 12.1 Å². The lowest BCUT2D eigenvalue weighted by molar-refractivity contribution is -0.148. The second kappa shape index (κ2) is 9.36. The molecule has 0 saturated heterocycles. The van der Waals surface area contributed by atoms with Crippen LogP contribution in [0.25, 0.3) is 0 Å². The zero-order valence-corrected chi connectivity index (χ0v) is 14.9. The molecule has 0 aliphatic rings. The van der Waals surface area contributed by atoms with E-state index < -0.39 is 24.5 Å². The lowest BCUT2D eigenvalue weighted by Crippen LogP contribution is -2.37. The van der Waals surface area contributed by atoms with Gasteiger partial charge >= 0.3 is 12.0 Å². The van der Waals surface area contributed by atoms with Gasteiger partial charge in [-0.05, 0) is 49.1 Å². The highest BCUT2D eigenvalue weighted by Crippen LogP contribution is 2.13. The molecule has 0 saturated carbocycles. The molecule has 0 bridgehead atoms. The van der Waals surface area contributed by atoms with E-state index in [1.165, 1.54) is 0 Å². The summed E-state index contributed by atoms with van der Waals surface area (Å²) in [6.07, 6.45) is 0.709. The Hall–Kier alpha value is -3.15. The van der Waals surface area contributed by atoms with Crippen molar-refractivity contribution in [2.75, 3.05) is 11.9 Å². The van der Waals surface area contributed by atoms with Crippen LogP contribution in [0.1, 0.15) is 23.1 Å². The fourth-order valence-corrected chi connectivity index (χ4v) is 2.25. The van der Waals surface area contributed by atoms with E-state index >= 15 is 0 Å². The van der Waals surface area contributed by atoms with Crippen molar-refractivity contribution in [3.63, 3.8) is 0 Å². The highest BCUT2D eigenvalue weighted by Gasteiger charge is 2.11. The minimum atomic E-state index is -0.681. The average Bonchev–Trinajstić information content (AvgIpc) is 2.62. The first kappa shape index (κ1) is 19.2. The van der Waals surface area contributed by atoms with E-state index in [1.807, 2.05) is 56.3 Å². The molecule has 2 rings (SSSR count). The number of ether oxygens (including phenoxy) is 1. The van der Waals surface area contributed by atoms with Crippen LogP contribution in [0.5, 0.6) is 0 Å². The zero-order chi connectivity index (χ0) is 18.9. The van der Waals surface area contributed by atoms with Gasteiger partial charge in [-0.3, -0.25) is 14.9 Å². The number of carbonyl (C=O) groups is 3. The molecule has 0 atom stereocenters. The van der Waals surface area contributed by atoms with Crippen molar-refractivity contribution >= 4 is 23.6 Å². The highest BCUT2D eigenvalue weighted by atomic mass is 16.5. The molecule has 0 aromatic heterocycles. The van der Waals surface area contributed by atoms with Crippen molar-refractivity contribution in [1.29, 1.82) is 0 Å². The third-order valence-electron chi connectivity index (χ3n) is 3.84. The topological polar surface area (TPSA) is 84.5 Å². The number of aryl methyl sites for hydroxylation is 3. The lowest BCUT2D eigenvalue weighted by atomic mass is 10.1. The Morgan fingerprint density at radius 3 is 2.38 bits per heavy atom. The van der Waals surface area contributed by atoms with E-state index in [0.717, 1.165) is 16.7 Å². The monoisotopic (exact) mass is 354 g/mol. The van der Waals surface area contributed by atoms with Gasteiger partial charge in [0, 0.05) is 12.1 Å². The first-order valence-corrected chi connectivity index (χ1v) is 8.31. The van der Waals surface area contributed by atoms with Gasteiger partial charge in [0.05, 0.1) is 0 Å². The van der Waals surface area contributed by atoms with Crippen LogP contribution in [0.15, 0.2) is 48.5 Å². The number of amides is 3. The Balaban J connectivity index is 1.69. The Morgan fingerprint density at radius 1 is 0.962 bits per heavy atom. The second-order valence-electron chi connectivity index (χ2n) is 5.95. The molecule has 0 radical (unpaired) electrons. The molecule has 2 aromatic rings. The minimum absolute atomic E-state index is 0.173. The quantitative estimate of drug-likeness (QED) is 0.781. The van der Waals surface area contributed by atoms with Crippen LogP contribution in [0.2, 0.25) is 0 Å². The Morgan fingerprint density at radius 2 is 1.69 bits per heavy atom. The minimum Gasteiger partial charge on any atom is -0.456 e. The summed E-state index contributed by atoms with van der Waals surface area (Å²) >= 11 is 0. The Labute approximate surface area is 152 Å². The molecular formula is C20H22N2O4. The lowest BCUT2D eigenvalue weighted by Gasteiger charge is -2.09. The van der Waals surface area contributed by atoms with Crippen LogP contribution in [0.4, 0.5) is 10.5 Å². The third kappa shape index (κ3) is 6.39. The summed E-state index contributed by atoms with van der Waals surface area (Å²) in [6.45, 7) is 3.40. The molecule has 2 aromatic carbocycles. The molecule has 2 N–H and O–H groups in total. The van der Waals surface area contributed by atoms with Gasteiger partial charge in [0.2, 0.25) is 0 Å². The first-order valence-electron chi connectivity index (χ1n) is 8.31. The molecule has 0 heterocycles. The SMILES string of the molecule is Cc1ccc(NC(=O)NC(=O)COC(=O)CCc2ccccc2)cc1C. The van der Waals surface area contributed by atoms with E-state index in [9.17, 15) is 14.4 Å². The summed E-state index contributed by atoms with van der Waals surface area (Å²) in [7, 11) is 0. The predicted molar refractivity (Wildman–Crippen MR) is 98.8 cm³/mol. The molecule has 0 aliphatic heterocycles. The van der Waals surface area contributed by atoms with Crippen LogP contribution < -0.4 is 10.6 Å². The summed E-state index contributed by atoms with van der Waals surface area (Å²) in [5.74, 6) is -1.17. The number of nitrogens with one attached hydrogen (secondary N) is 2. The summed E-state index contributed by atoms with van der Waals surface area (Å²) < 4.78 is 4.88. The normalized spacial score (nSPS) is 10.1. The van der Waals surface area contributed by atoms with E-state index in [4.69, 9.17) is 4.74 Å². The number of hydrogen-bond donors (Lipinski definition) is 2. The Bertz CT molecular complexity index is 788. The van der Waals surface area contributed by atoms with Crippen molar-refractivity contribution in [2.45, 2.75) is 26.7 Å².